The van der Waals surface area contributed by atoms with Crippen LogP contribution in [0.1, 0.15) is 26.3 Å². The summed E-state index contributed by atoms with van der Waals surface area (Å²) < 4.78 is 15.3. The highest BCUT2D eigenvalue weighted by atomic mass is 16.5. The third kappa shape index (κ3) is 3.53. The van der Waals surface area contributed by atoms with Crippen molar-refractivity contribution in [3.63, 3.8) is 0 Å². The Morgan fingerprint density at radius 3 is 2.47 bits per heavy atom. The van der Waals surface area contributed by atoms with E-state index >= 15 is 0 Å². The Balaban J connectivity index is 2.40. The summed E-state index contributed by atoms with van der Waals surface area (Å²) in [5.41, 5.74) is -1.56. The monoisotopic (exact) mass is 418 g/mol. The van der Waals surface area contributed by atoms with Gasteiger partial charge in [0.25, 0.3) is 0 Å². The predicted molar refractivity (Wildman–Crippen MR) is 103 cm³/mol. The summed E-state index contributed by atoms with van der Waals surface area (Å²) in [4.78, 5) is 38.0. The molecule has 1 aromatic heterocycles. The minimum absolute atomic E-state index is 0.194. The van der Waals surface area contributed by atoms with Gasteiger partial charge in [0.2, 0.25) is 5.43 Å². The summed E-state index contributed by atoms with van der Waals surface area (Å²) in [6.07, 6.45) is -1.31. The average molecular weight is 418 g/mol. The van der Waals surface area contributed by atoms with Crippen molar-refractivity contribution in [1.29, 1.82) is 0 Å². The van der Waals surface area contributed by atoms with E-state index < -0.39 is 48.2 Å². The van der Waals surface area contributed by atoms with Gasteiger partial charge in [-0.2, -0.15) is 0 Å². The number of methoxy groups -OCH3 is 1. The van der Waals surface area contributed by atoms with Gasteiger partial charge in [0.15, 0.2) is 5.58 Å². The van der Waals surface area contributed by atoms with Crippen molar-refractivity contribution in [1.82, 2.24) is 0 Å². The van der Waals surface area contributed by atoms with E-state index in [1.807, 2.05) is 0 Å². The molecule has 2 aromatic carbocycles. The molecule has 158 valence electrons. The summed E-state index contributed by atoms with van der Waals surface area (Å²) in [5, 5.41) is 37.5. The third-order valence-corrected chi connectivity index (χ3v) is 4.44. The molecule has 0 spiro atoms. The molecule has 30 heavy (non-hydrogen) atoms. The summed E-state index contributed by atoms with van der Waals surface area (Å²) in [6, 6.07) is 3.25. The minimum Gasteiger partial charge on any atom is -0.508 e. The zero-order valence-corrected chi connectivity index (χ0v) is 16.0. The van der Waals surface area contributed by atoms with E-state index in [1.54, 1.807) is 0 Å². The zero-order chi connectivity index (χ0) is 22.2. The second-order valence-electron chi connectivity index (χ2n) is 6.52. The van der Waals surface area contributed by atoms with Gasteiger partial charge in [-0.05, 0) is 18.6 Å². The Kier molecular flexibility index (Phi) is 5.63. The highest BCUT2D eigenvalue weighted by Crippen LogP contribution is 2.33. The fraction of sp³-hybridized carbons (Fsp3) is 0.250. The molecule has 0 aliphatic rings. The second-order valence-corrected chi connectivity index (χ2v) is 6.52. The number of hydrogen-bond donors (Lipinski definition) is 4. The fourth-order valence-corrected chi connectivity index (χ4v) is 3.07. The Hall–Kier alpha value is -3.63. The molecule has 10 nitrogen and oxygen atoms in total. The van der Waals surface area contributed by atoms with Crippen LogP contribution in [0.4, 0.5) is 0 Å². The van der Waals surface area contributed by atoms with Crippen LogP contribution in [0, 0.1) is 6.92 Å². The summed E-state index contributed by atoms with van der Waals surface area (Å²) in [6.45, 7) is 0.316. The molecule has 0 aliphatic carbocycles. The number of fused-ring (bicyclic) bond motifs is 2. The Bertz CT molecular complexity index is 1220. The first-order chi connectivity index (χ1) is 14.2. The van der Waals surface area contributed by atoms with E-state index in [4.69, 9.17) is 19.0 Å². The van der Waals surface area contributed by atoms with Crippen molar-refractivity contribution in [3.8, 4) is 11.5 Å². The Labute approximate surface area is 168 Å². The van der Waals surface area contributed by atoms with Gasteiger partial charge >= 0.3 is 11.9 Å². The summed E-state index contributed by atoms with van der Waals surface area (Å²) >= 11 is 0. The number of esters is 2. The van der Waals surface area contributed by atoms with Crippen molar-refractivity contribution in [2.45, 2.75) is 13.0 Å². The lowest BCUT2D eigenvalue weighted by atomic mass is 9.98. The number of aryl methyl sites for hydroxylation is 1. The Morgan fingerprint density at radius 2 is 1.83 bits per heavy atom. The molecule has 1 heterocycles. The smallest absolute Gasteiger partial charge is 0.342 e. The first-order valence-electron chi connectivity index (χ1n) is 8.70. The van der Waals surface area contributed by atoms with E-state index in [-0.39, 0.29) is 38.6 Å². The van der Waals surface area contributed by atoms with Gasteiger partial charge in [0, 0.05) is 12.1 Å². The maximum Gasteiger partial charge on any atom is 0.342 e. The van der Waals surface area contributed by atoms with Crippen LogP contribution in [0.5, 0.6) is 11.5 Å². The lowest BCUT2D eigenvalue weighted by molar-refractivity contribution is 0.00933. The summed E-state index contributed by atoms with van der Waals surface area (Å²) in [5.74, 6) is -2.82. The van der Waals surface area contributed by atoms with Crippen LogP contribution in [0.3, 0.4) is 0 Å². The van der Waals surface area contributed by atoms with Crippen LogP contribution in [0.25, 0.3) is 21.9 Å². The number of phenolic OH excluding ortho intramolecular Hbond substituents is 2. The lowest BCUT2D eigenvalue weighted by Crippen LogP contribution is -2.23. The molecule has 3 aromatic rings. The molecule has 0 aliphatic heterocycles. The van der Waals surface area contributed by atoms with Crippen molar-refractivity contribution in [2.75, 3.05) is 20.3 Å². The molecule has 0 saturated heterocycles. The second kappa shape index (κ2) is 8.01. The quantitative estimate of drug-likeness (QED) is 0.346. The maximum atomic E-state index is 13.1. The zero-order valence-electron chi connectivity index (χ0n) is 16.0. The predicted octanol–water partition coefficient (Wildman–Crippen LogP) is 0.962. The van der Waals surface area contributed by atoms with Crippen LogP contribution in [-0.2, 0) is 9.47 Å². The molecular formula is C20H18O10. The van der Waals surface area contributed by atoms with E-state index in [0.717, 1.165) is 19.2 Å². The van der Waals surface area contributed by atoms with E-state index in [1.165, 1.54) is 13.0 Å². The van der Waals surface area contributed by atoms with Crippen molar-refractivity contribution >= 4 is 33.9 Å². The van der Waals surface area contributed by atoms with Crippen LogP contribution in [0.15, 0.2) is 27.4 Å². The fourth-order valence-electron chi connectivity index (χ4n) is 3.07. The average Bonchev–Trinajstić information content (AvgIpc) is 2.69. The van der Waals surface area contributed by atoms with Crippen molar-refractivity contribution in [2.24, 2.45) is 0 Å². The molecular weight excluding hydrogens is 400 g/mol. The number of ether oxygens (including phenoxy) is 2. The minimum atomic E-state index is -1.31. The van der Waals surface area contributed by atoms with Gasteiger partial charge in [-0.25, -0.2) is 9.59 Å². The van der Waals surface area contributed by atoms with E-state index in [2.05, 4.69) is 0 Å². The number of rotatable bonds is 5. The topological polar surface area (TPSA) is 164 Å². The highest BCUT2D eigenvalue weighted by molar-refractivity contribution is 6.13. The number of carbonyl (C=O) groups is 2. The van der Waals surface area contributed by atoms with Gasteiger partial charge in [-0.3, -0.25) is 4.79 Å². The number of aromatic hydroxyl groups is 2. The number of hydrogen-bond acceptors (Lipinski definition) is 10. The van der Waals surface area contributed by atoms with Crippen LogP contribution < -0.4 is 5.43 Å². The molecule has 0 bridgehead atoms. The van der Waals surface area contributed by atoms with E-state index in [9.17, 15) is 29.7 Å². The first kappa shape index (κ1) is 21.1. The first-order valence-corrected chi connectivity index (χ1v) is 8.70. The summed E-state index contributed by atoms with van der Waals surface area (Å²) in [7, 11) is 1.11. The van der Waals surface area contributed by atoms with Crippen molar-refractivity contribution < 1.29 is 43.9 Å². The van der Waals surface area contributed by atoms with Gasteiger partial charge in [0.1, 0.15) is 40.7 Å². The van der Waals surface area contributed by atoms with E-state index in [0.29, 0.717) is 0 Å². The van der Waals surface area contributed by atoms with Gasteiger partial charge in [-0.1, -0.05) is 0 Å². The molecule has 1 atom stereocenters. The molecule has 10 heteroatoms. The number of carbonyl (C=O) groups excluding carboxylic acids is 2. The number of aliphatic hydroxyl groups excluding tert-OH is 2. The number of benzene rings is 2. The molecule has 0 fully saturated rings. The Morgan fingerprint density at radius 1 is 1.13 bits per heavy atom. The normalized spacial score (nSPS) is 12.1. The lowest BCUT2D eigenvalue weighted by Gasteiger charge is -2.14. The van der Waals surface area contributed by atoms with Gasteiger partial charge < -0.3 is 34.3 Å². The van der Waals surface area contributed by atoms with Crippen LogP contribution >= 0.6 is 0 Å². The molecule has 3 rings (SSSR count). The maximum absolute atomic E-state index is 13.1. The molecule has 0 unspecified atom stereocenters. The SMILES string of the molecule is COC(=O)c1cc(C)c(C(=O)OC[C@@H](O)CO)c2oc3cc(O)cc(O)c3c(=O)c12. The highest BCUT2D eigenvalue weighted by Gasteiger charge is 2.27. The van der Waals surface area contributed by atoms with Crippen LogP contribution in [0.2, 0.25) is 0 Å². The van der Waals surface area contributed by atoms with Crippen LogP contribution in [-0.4, -0.2) is 58.8 Å². The number of aliphatic hydroxyl groups is 2. The standard InChI is InChI=1S/C20H18O10/c1-8-3-11(19(26)28-2)15-17(25)16-12(24)4-9(22)5-13(16)30-18(15)14(8)20(27)29-7-10(23)6-21/h3-5,10,21-24H,6-7H2,1-2H3/t10-/m0/s1. The molecule has 4 N–H and O–H groups in total. The molecule has 0 saturated carbocycles. The van der Waals surface area contributed by atoms with Crippen molar-refractivity contribution in [3.05, 3.63) is 45.1 Å². The molecule has 0 amide bonds. The molecule has 0 radical (unpaired) electrons. The third-order valence-electron chi connectivity index (χ3n) is 4.44. The van der Waals surface area contributed by atoms with Gasteiger partial charge in [0.05, 0.1) is 24.7 Å². The number of phenols is 2. The largest absolute Gasteiger partial charge is 0.508 e. The van der Waals surface area contributed by atoms with Gasteiger partial charge in [-0.15, -0.1) is 0 Å².